The molecule has 0 radical (unpaired) electrons. The summed E-state index contributed by atoms with van der Waals surface area (Å²) in [6, 6.07) is 8.47. The first-order chi connectivity index (χ1) is 13.0. The third-order valence-electron chi connectivity index (χ3n) is 4.60. The molecule has 1 aliphatic heterocycles. The first kappa shape index (κ1) is 18.8. The number of carbonyl (C=O) groups is 2. The molecule has 2 amide bonds. The Labute approximate surface area is 157 Å². The summed E-state index contributed by atoms with van der Waals surface area (Å²) < 4.78 is 0. The molecule has 2 N–H and O–H groups in total. The number of nitrogens with zero attached hydrogens (tertiary/aromatic N) is 2. The number of hydrogen-bond donors (Lipinski definition) is 2. The lowest BCUT2D eigenvalue weighted by molar-refractivity contribution is -0.137. The van der Waals surface area contributed by atoms with Crippen LogP contribution in [0.2, 0.25) is 0 Å². The maximum absolute atomic E-state index is 13.2. The van der Waals surface area contributed by atoms with Crippen molar-refractivity contribution in [1.29, 1.82) is 0 Å². The van der Waals surface area contributed by atoms with Gasteiger partial charge in [-0.15, -0.1) is 0 Å². The topological polar surface area (TPSA) is 95.2 Å². The lowest BCUT2D eigenvalue weighted by Crippen LogP contribution is -2.46. The largest absolute Gasteiger partial charge is 0.341 e. The third kappa shape index (κ3) is 4.42. The highest BCUT2D eigenvalue weighted by Crippen LogP contribution is 2.21. The number of nitrogens with one attached hydrogen (secondary N) is 2. The molecule has 1 aromatic heterocycles. The number of aromatic nitrogens is 2. The summed E-state index contributed by atoms with van der Waals surface area (Å²) in [4.78, 5) is 45.9. The van der Waals surface area contributed by atoms with Crippen molar-refractivity contribution in [1.82, 2.24) is 20.2 Å². The minimum Gasteiger partial charge on any atom is -0.341 e. The molecule has 0 saturated carbocycles. The minimum absolute atomic E-state index is 0.154. The van der Waals surface area contributed by atoms with Crippen molar-refractivity contribution in [2.24, 2.45) is 5.92 Å². The molecule has 2 aromatic rings. The van der Waals surface area contributed by atoms with Gasteiger partial charge in [0.25, 0.3) is 5.56 Å². The van der Waals surface area contributed by atoms with Gasteiger partial charge in [0.15, 0.2) is 0 Å². The van der Waals surface area contributed by atoms with Gasteiger partial charge in [-0.05, 0) is 17.9 Å². The fourth-order valence-electron chi connectivity index (χ4n) is 3.26. The Morgan fingerprint density at radius 2 is 2.00 bits per heavy atom. The summed E-state index contributed by atoms with van der Waals surface area (Å²) in [6.07, 6.45) is 2.16. The second-order valence-corrected chi connectivity index (χ2v) is 7.18. The average Bonchev–Trinajstić information content (AvgIpc) is 2.65. The molecule has 1 aromatic carbocycles. The summed E-state index contributed by atoms with van der Waals surface area (Å²) in [5.41, 5.74) is 1.82. The molecule has 7 heteroatoms. The van der Waals surface area contributed by atoms with E-state index in [1.807, 2.05) is 44.2 Å². The van der Waals surface area contributed by atoms with E-state index in [-0.39, 0.29) is 29.8 Å². The Kier molecular flexibility index (Phi) is 5.69. The predicted octanol–water partition coefficient (Wildman–Crippen LogP) is 1.56. The van der Waals surface area contributed by atoms with E-state index in [1.54, 1.807) is 4.90 Å². The van der Waals surface area contributed by atoms with Crippen LogP contribution in [-0.2, 0) is 22.6 Å². The van der Waals surface area contributed by atoms with Gasteiger partial charge < -0.3 is 15.2 Å². The van der Waals surface area contributed by atoms with E-state index >= 15 is 0 Å². The number of amides is 2. The van der Waals surface area contributed by atoms with E-state index in [0.717, 1.165) is 5.56 Å². The zero-order valence-corrected chi connectivity index (χ0v) is 15.6. The Hall–Kier alpha value is -2.96. The smallest absolute Gasteiger partial charge is 0.254 e. The van der Waals surface area contributed by atoms with Gasteiger partial charge in [0, 0.05) is 18.5 Å². The van der Waals surface area contributed by atoms with Gasteiger partial charge in [-0.25, -0.2) is 4.98 Å². The first-order valence-electron chi connectivity index (χ1n) is 9.14. The normalized spacial score (nSPS) is 14.6. The molecule has 1 aliphatic rings. The lowest BCUT2D eigenvalue weighted by Gasteiger charge is -2.31. The van der Waals surface area contributed by atoms with Crippen LogP contribution in [0.1, 0.15) is 43.1 Å². The summed E-state index contributed by atoms with van der Waals surface area (Å²) in [5, 5.41) is 2.88. The fourth-order valence-corrected chi connectivity index (χ4v) is 3.26. The van der Waals surface area contributed by atoms with E-state index in [9.17, 15) is 14.4 Å². The standard InChI is InChI=1S/C20H24N4O3/c1-13(2)10-17(25)23-18(14-6-4-3-5-7-14)20(27)24-9-8-15-16(11-24)21-12-22-19(15)26/h3-7,12-13,18H,8-11H2,1-2H3,(H,23,25)(H,21,22,26). The van der Waals surface area contributed by atoms with Crippen LogP contribution in [0.5, 0.6) is 0 Å². The van der Waals surface area contributed by atoms with Crippen molar-refractivity contribution < 1.29 is 9.59 Å². The van der Waals surface area contributed by atoms with Gasteiger partial charge in [-0.3, -0.25) is 14.4 Å². The summed E-state index contributed by atoms with van der Waals surface area (Å²) >= 11 is 0. The number of H-pyrrole nitrogens is 1. The summed E-state index contributed by atoms with van der Waals surface area (Å²) in [5.74, 6) is -0.139. The maximum atomic E-state index is 13.2. The number of benzene rings is 1. The number of aromatic amines is 1. The van der Waals surface area contributed by atoms with E-state index in [0.29, 0.717) is 30.6 Å². The van der Waals surface area contributed by atoms with E-state index in [1.165, 1.54) is 6.33 Å². The second kappa shape index (κ2) is 8.16. The molecule has 27 heavy (non-hydrogen) atoms. The maximum Gasteiger partial charge on any atom is 0.254 e. The van der Waals surface area contributed by atoms with Crippen LogP contribution in [0, 0.1) is 5.92 Å². The molecule has 0 spiro atoms. The van der Waals surface area contributed by atoms with Crippen LogP contribution in [-0.4, -0.2) is 33.2 Å². The molecule has 0 aliphatic carbocycles. The predicted molar refractivity (Wildman–Crippen MR) is 101 cm³/mol. The average molecular weight is 368 g/mol. The SMILES string of the molecule is CC(C)CC(=O)NC(C(=O)N1CCc2c(nc[nH]c2=O)C1)c1ccccc1. The van der Waals surface area contributed by atoms with Crippen molar-refractivity contribution >= 4 is 11.8 Å². The molecular formula is C20H24N4O3. The fraction of sp³-hybridized carbons (Fsp3) is 0.400. The van der Waals surface area contributed by atoms with Gasteiger partial charge in [0.2, 0.25) is 11.8 Å². The van der Waals surface area contributed by atoms with Crippen LogP contribution in [0.25, 0.3) is 0 Å². The monoisotopic (exact) mass is 368 g/mol. The van der Waals surface area contributed by atoms with Crippen LogP contribution >= 0.6 is 0 Å². The number of fused-ring (bicyclic) bond motifs is 1. The highest BCUT2D eigenvalue weighted by Gasteiger charge is 2.30. The first-order valence-corrected chi connectivity index (χ1v) is 9.14. The van der Waals surface area contributed by atoms with Crippen molar-refractivity contribution in [2.75, 3.05) is 6.54 Å². The zero-order chi connectivity index (χ0) is 19.4. The van der Waals surface area contributed by atoms with Gasteiger partial charge in [-0.1, -0.05) is 44.2 Å². The molecule has 0 fully saturated rings. The summed E-state index contributed by atoms with van der Waals surface area (Å²) in [7, 11) is 0. The highest BCUT2D eigenvalue weighted by molar-refractivity contribution is 5.88. The van der Waals surface area contributed by atoms with Crippen LogP contribution in [0.15, 0.2) is 41.5 Å². The Morgan fingerprint density at radius 1 is 1.26 bits per heavy atom. The molecule has 1 atom stereocenters. The van der Waals surface area contributed by atoms with Crippen molar-refractivity contribution in [3.63, 3.8) is 0 Å². The van der Waals surface area contributed by atoms with Crippen molar-refractivity contribution in [3.8, 4) is 0 Å². The molecule has 2 heterocycles. The van der Waals surface area contributed by atoms with E-state index < -0.39 is 6.04 Å². The molecule has 1 unspecified atom stereocenters. The molecule has 3 rings (SSSR count). The minimum atomic E-state index is -0.749. The lowest BCUT2D eigenvalue weighted by atomic mass is 10.0. The molecule has 0 bridgehead atoms. The van der Waals surface area contributed by atoms with Crippen molar-refractivity contribution in [3.05, 3.63) is 63.8 Å². The summed E-state index contributed by atoms with van der Waals surface area (Å²) in [6.45, 7) is 4.61. The Morgan fingerprint density at radius 3 is 2.70 bits per heavy atom. The van der Waals surface area contributed by atoms with Crippen LogP contribution in [0.4, 0.5) is 0 Å². The Bertz CT molecular complexity index is 876. The van der Waals surface area contributed by atoms with Gasteiger partial charge >= 0.3 is 0 Å². The highest BCUT2D eigenvalue weighted by atomic mass is 16.2. The van der Waals surface area contributed by atoms with Crippen LogP contribution in [0.3, 0.4) is 0 Å². The zero-order valence-electron chi connectivity index (χ0n) is 15.6. The number of rotatable bonds is 5. The van der Waals surface area contributed by atoms with Gasteiger partial charge in [-0.2, -0.15) is 0 Å². The van der Waals surface area contributed by atoms with Crippen LogP contribution < -0.4 is 10.9 Å². The quantitative estimate of drug-likeness (QED) is 0.837. The second-order valence-electron chi connectivity index (χ2n) is 7.18. The molecule has 0 saturated heterocycles. The Balaban J connectivity index is 1.83. The number of hydrogen-bond acceptors (Lipinski definition) is 4. The third-order valence-corrected chi connectivity index (χ3v) is 4.60. The van der Waals surface area contributed by atoms with Gasteiger partial charge in [0.05, 0.1) is 18.6 Å². The number of carbonyl (C=O) groups excluding carboxylic acids is 2. The molecular weight excluding hydrogens is 344 g/mol. The van der Waals surface area contributed by atoms with E-state index in [2.05, 4.69) is 15.3 Å². The molecule has 142 valence electrons. The molecule has 7 nitrogen and oxygen atoms in total. The van der Waals surface area contributed by atoms with Gasteiger partial charge in [0.1, 0.15) is 6.04 Å². The van der Waals surface area contributed by atoms with E-state index in [4.69, 9.17) is 0 Å². The van der Waals surface area contributed by atoms with Crippen molar-refractivity contribution in [2.45, 2.75) is 39.3 Å².